The van der Waals surface area contributed by atoms with Crippen molar-refractivity contribution in [3.05, 3.63) is 94.8 Å². The number of rotatable bonds is 6. The molecule has 0 aliphatic rings. The number of carbonyl (C=O) groups excluding carboxylic acids is 2. The maximum Gasteiger partial charge on any atom is 0.255 e. The molecule has 2 N–H and O–H groups in total. The maximum absolute atomic E-state index is 13.7. The van der Waals surface area contributed by atoms with Crippen LogP contribution >= 0.6 is 11.6 Å². The number of benzene rings is 3. The predicted molar refractivity (Wildman–Crippen MR) is 108 cm³/mol. The average Bonchev–Trinajstić information content (AvgIpc) is 2.72. The molecule has 4 nitrogen and oxygen atoms in total. The van der Waals surface area contributed by atoms with E-state index in [1.807, 2.05) is 42.5 Å². The van der Waals surface area contributed by atoms with Gasteiger partial charge in [-0.3, -0.25) is 9.59 Å². The predicted octanol–water partition coefficient (Wildman–Crippen LogP) is 4.31. The molecule has 0 atom stereocenters. The largest absolute Gasteiger partial charge is 0.350 e. The minimum Gasteiger partial charge on any atom is -0.350 e. The van der Waals surface area contributed by atoms with Crippen LogP contribution in [0.15, 0.2) is 72.8 Å². The molecule has 0 unspecified atom stereocenters. The van der Waals surface area contributed by atoms with Crippen molar-refractivity contribution in [2.24, 2.45) is 0 Å². The van der Waals surface area contributed by atoms with Gasteiger partial charge in [-0.2, -0.15) is 0 Å². The summed E-state index contributed by atoms with van der Waals surface area (Å²) in [7, 11) is 0. The van der Waals surface area contributed by atoms with Crippen LogP contribution in [0.1, 0.15) is 20.7 Å². The zero-order chi connectivity index (χ0) is 19.9. The molecule has 0 radical (unpaired) electrons. The van der Waals surface area contributed by atoms with E-state index in [0.29, 0.717) is 5.56 Å². The molecular formula is C22H18ClFN2O2. The molecule has 6 heteroatoms. The van der Waals surface area contributed by atoms with Crippen LogP contribution in [0.2, 0.25) is 5.02 Å². The lowest BCUT2D eigenvalue weighted by molar-refractivity contribution is 0.0925. The number of nitrogens with one attached hydrogen (secondary N) is 2. The van der Waals surface area contributed by atoms with E-state index in [2.05, 4.69) is 10.6 Å². The van der Waals surface area contributed by atoms with E-state index < -0.39 is 11.7 Å². The Morgan fingerprint density at radius 1 is 0.750 bits per heavy atom. The van der Waals surface area contributed by atoms with Crippen molar-refractivity contribution >= 4 is 23.4 Å². The lowest BCUT2D eigenvalue weighted by Gasteiger charge is -2.09. The zero-order valence-electron chi connectivity index (χ0n) is 14.9. The topological polar surface area (TPSA) is 58.2 Å². The van der Waals surface area contributed by atoms with E-state index in [1.54, 1.807) is 12.1 Å². The molecule has 0 heterocycles. The lowest BCUT2D eigenvalue weighted by Crippen LogP contribution is -2.35. The first kappa shape index (κ1) is 19.6. The van der Waals surface area contributed by atoms with E-state index in [-0.39, 0.29) is 29.6 Å². The summed E-state index contributed by atoms with van der Waals surface area (Å²) in [6, 6.07) is 21.2. The Morgan fingerprint density at radius 3 is 2.00 bits per heavy atom. The summed E-state index contributed by atoms with van der Waals surface area (Å²) in [5, 5.41) is 5.30. The number of hydrogen-bond acceptors (Lipinski definition) is 2. The highest BCUT2D eigenvalue weighted by Crippen LogP contribution is 2.19. The molecule has 3 aromatic rings. The van der Waals surface area contributed by atoms with Crippen LogP contribution in [0.3, 0.4) is 0 Å². The highest BCUT2D eigenvalue weighted by molar-refractivity contribution is 6.33. The van der Waals surface area contributed by atoms with Crippen molar-refractivity contribution in [1.29, 1.82) is 0 Å². The normalized spacial score (nSPS) is 10.4. The molecule has 0 saturated carbocycles. The third-order valence-electron chi connectivity index (χ3n) is 4.14. The summed E-state index contributed by atoms with van der Waals surface area (Å²) >= 11 is 5.85. The van der Waals surface area contributed by atoms with Crippen molar-refractivity contribution in [3.8, 4) is 11.1 Å². The van der Waals surface area contributed by atoms with Crippen molar-refractivity contribution in [3.63, 3.8) is 0 Å². The summed E-state index contributed by atoms with van der Waals surface area (Å²) < 4.78 is 13.7. The van der Waals surface area contributed by atoms with Gasteiger partial charge in [-0.25, -0.2) is 4.39 Å². The van der Waals surface area contributed by atoms with Crippen LogP contribution in [0.5, 0.6) is 0 Å². The molecule has 28 heavy (non-hydrogen) atoms. The van der Waals surface area contributed by atoms with Gasteiger partial charge in [0, 0.05) is 18.7 Å². The molecule has 0 aromatic heterocycles. The average molecular weight is 397 g/mol. The molecular weight excluding hydrogens is 379 g/mol. The van der Waals surface area contributed by atoms with E-state index in [1.165, 1.54) is 18.2 Å². The quantitative estimate of drug-likeness (QED) is 0.610. The highest BCUT2D eigenvalue weighted by atomic mass is 35.5. The second-order valence-corrected chi connectivity index (χ2v) is 6.46. The van der Waals surface area contributed by atoms with Crippen molar-refractivity contribution in [2.75, 3.05) is 13.1 Å². The van der Waals surface area contributed by atoms with E-state index >= 15 is 0 Å². The van der Waals surface area contributed by atoms with Crippen LogP contribution in [-0.4, -0.2) is 24.9 Å². The SMILES string of the molecule is O=C(NCCNC(=O)c1c(F)cccc1Cl)c1ccc(-c2ccccc2)cc1. The Morgan fingerprint density at radius 2 is 1.36 bits per heavy atom. The van der Waals surface area contributed by atoms with E-state index in [9.17, 15) is 14.0 Å². The molecule has 0 aliphatic heterocycles. The molecule has 142 valence electrons. The molecule has 2 amide bonds. The molecule has 0 bridgehead atoms. The van der Waals surface area contributed by atoms with Gasteiger partial charge in [-0.05, 0) is 35.4 Å². The molecule has 0 saturated heterocycles. The summed E-state index contributed by atoms with van der Waals surface area (Å²) in [6.45, 7) is 0.356. The van der Waals surface area contributed by atoms with Crippen molar-refractivity contribution in [1.82, 2.24) is 10.6 Å². The summed E-state index contributed by atoms with van der Waals surface area (Å²) in [5.41, 5.74) is 2.41. The number of carbonyl (C=O) groups is 2. The Kier molecular flexibility index (Phi) is 6.40. The van der Waals surface area contributed by atoms with Gasteiger partial charge in [0.25, 0.3) is 11.8 Å². The second kappa shape index (κ2) is 9.15. The first-order chi connectivity index (χ1) is 13.6. The highest BCUT2D eigenvalue weighted by Gasteiger charge is 2.15. The summed E-state index contributed by atoms with van der Waals surface area (Å²) in [4.78, 5) is 24.2. The zero-order valence-corrected chi connectivity index (χ0v) is 15.7. The Bertz CT molecular complexity index is 955. The van der Waals surface area contributed by atoms with E-state index in [0.717, 1.165) is 11.1 Å². The molecule has 3 aromatic carbocycles. The fourth-order valence-electron chi connectivity index (χ4n) is 2.70. The lowest BCUT2D eigenvalue weighted by atomic mass is 10.0. The molecule has 0 fully saturated rings. The van der Waals surface area contributed by atoms with Gasteiger partial charge in [0.1, 0.15) is 5.82 Å². The second-order valence-electron chi connectivity index (χ2n) is 6.05. The maximum atomic E-state index is 13.7. The van der Waals surface area contributed by atoms with Crippen LogP contribution in [0, 0.1) is 5.82 Å². The molecule has 0 aliphatic carbocycles. The number of amides is 2. The Hall–Kier alpha value is -3.18. The van der Waals surface area contributed by atoms with Gasteiger partial charge >= 0.3 is 0 Å². The van der Waals surface area contributed by atoms with Crippen LogP contribution < -0.4 is 10.6 Å². The monoisotopic (exact) mass is 396 g/mol. The van der Waals surface area contributed by atoms with Crippen molar-refractivity contribution < 1.29 is 14.0 Å². The standard InChI is InChI=1S/C22H18ClFN2O2/c23-18-7-4-8-19(24)20(18)22(28)26-14-13-25-21(27)17-11-9-16(10-12-17)15-5-2-1-3-6-15/h1-12H,13-14H2,(H,25,27)(H,26,28). The first-order valence-electron chi connectivity index (χ1n) is 8.72. The van der Waals surface area contributed by atoms with Gasteiger partial charge in [-0.15, -0.1) is 0 Å². The minimum atomic E-state index is -0.687. The van der Waals surface area contributed by atoms with Gasteiger partial charge in [0.2, 0.25) is 0 Å². The summed E-state index contributed by atoms with van der Waals surface area (Å²) in [6.07, 6.45) is 0. The van der Waals surface area contributed by atoms with Crippen LogP contribution in [0.4, 0.5) is 4.39 Å². The number of halogens is 2. The fourth-order valence-corrected chi connectivity index (χ4v) is 2.95. The van der Waals surface area contributed by atoms with Crippen LogP contribution in [-0.2, 0) is 0 Å². The smallest absolute Gasteiger partial charge is 0.255 e. The fraction of sp³-hybridized carbons (Fsp3) is 0.0909. The molecule has 0 spiro atoms. The van der Waals surface area contributed by atoms with Gasteiger partial charge < -0.3 is 10.6 Å². The first-order valence-corrected chi connectivity index (χ1v) is 9.10. The van der Waals surface area contributed by atoms with Gasteiger partial charge in [0.15, 0.2) is 0 Å². The van der Waals surface area contributed by atoms with Crippen LogP contribution in [0.25, 0.3) is 11.1 Å². The molecule has 3 rings (SSSR count). The summed E-state index contributed by atoms with van der Waals surface area (Å²) in [5.74, 6) is -1.56. The third kappa shape index (κ3) is 4.75. The van der Waals surface area contributed by atoms with Gasteiger partial charge in [0.05, 0.1) is 10.6 Å². The number of hydrogen-bond donors (Lipinski definition) is 2. The third-order valence-corrected chi connectivity index (χ3v) is 4.46. The Labute approximate surface area is 167 Å². The Balaban J connectivity index is 1.50. The van der Waals surface area contributed by atoms with E-state index in [4.69, 9.17) is 11.6 Å². The van der Waals surface area contributed by atoms with Crippen molar-refractivity contribution in [2.45, 2.75) is 0 Å². The minimum absolute atomic E-state index is 0.0417. The van der Waals surface area contributed by atoms with Gasteiger partial charge in [-0.1, -0.05) is 60.1 Å².